The second kappa shape index (κ2) is 9.07. The maximum Gasteiger partial charge on any atom is 0.277 e. The summed E-state index contributed by atoms with van der Waals surface area (Å²) in [5.74, 6) is 1.27. The molecule has 7 heteroatoms. The van der Waals surface area contributed by atoms with Crippen molar-refractivity contribution in [3.05, 3.63) is 24.3 Å². The van der Waals surface area contributed by atoms with Gasteiger partial charge in [-0.25, -0.2) is 0 Å². The van der Waals surface area contributed by atoms with Crippen molar-refractivity contribution in [2.75, 3.05) is 19.7 Å². The number of hydrogen-bond acceptors (Lipinski definition) is 6. The van der Waals surface area contributed by atoms with Gasteiger partial charge in [0.2, 0.25) is 5.91 Å². The average Bonchev–Trinajstić information content (AvgIpc) is 2.94. The van der Waals surface area contributed by atoms with E-state index in [9.17, 15) is 4.79 Å². The average molecular weight is 375 g/mol. The van der Waals surface area contributed by atoms with Crippen LogP contribution in [0.25, 0.3) is 11.5 Å². The number of rotatable bonds is 6. The van der Waals surface area contributed by atoms with Gasteiger partial charge in [-0.2, -0.15) is 0 Å². The molecule has 0 spiro atoms. The number of hydrogen-bond donors (Lipinski definition) is 0. The number of para-hydroxylation sites is 1. The van der Waals surface area contributed by atoms with Crippen LogP contribution in [0.5, 0.6) is 5.75 Å². The molecule has 1 saturated heterocycles. The van der Waals surface area contributed by atoms with E-state index in [0.29, 0.717) is 23.5 Å². The molecule has 1 fully saturated rings. The lowest BCUT2D eigenvalue weighted by atomic mass is 10.2. The molecule has 1 aromatic heterocycles. The first-order valence-electron chi connectivity index (χ1n) is 9.20. The lowest BCUT2D eigenvalue weighted by Crippen LogP contribution is -2.37. The van der Waals surface area contributed by atoms with Crippen molar-refractivity contribution in [2.45, 2.75) is 50.0 Å². The summed E-state index contributed by atoms with van der Waals surface area (Å²) in [7, 11) is 0. The third kappa shape index (κ3) is 4.58. The number of ether oxygens (including phenoxy) is 1. The number of thioether (sulfide) groups is 1. The predicted molar refractivity (Wildman–Crippen MR) is 101 cm³/mol. The molecule has 0 N–H and O–H groups in total. The van der Waals surface area contributed by atoms with Crippen molar-refractivity contribution in [1.82, 2.24) is 15.1 Å². The molecule has 1 aliphatic rings. The number of nitrogens with zero attached hydrogens (tertiary/aromatic N) is 3. The summed E-state index contributed by atoms with van der Waals surface area (Å²) in [5.41, 5.74) is 0.764. The molecule has 2 heterocycles. The summed E-state index contributed by atoms with van der Waals surface area (Å²) in [4.78, 5) is 14.6. The first kappa shape index (κ1) is 18.8. The minimum Gasteiger partial charge on any atom is -0.493 e. The molecule has 1 unspecified atom stereocenters. The fourth-order valence-corrected chi connectivity index (χ4v) is 3.81. The minimum absolute atomic E-state index is 0.145. The third-order valence-corrected chi connectivity index (χ3v) is 5.29. The van der Waals surface area contributed by atoms with Crippen LogP contribution < -0.4 is 4.74 Å². The normalized spacial score (nSPS) is 16.2. The first-order chi connectivity index (χ1) is 12.7. The Morgan fingerprint density at radius 2 is 1.96 bits per heavy atom. The van der Waals surface area contributed by atoms with E-state index in [4.69, 9.17) is 9.15 Å². The van der Waals surface area contributed by atoms with E-state index in [0.717, 1.165) is 31.5 Å². The van der Waals surface area contributed by atoms with Crippen LogP contribution in [0.3, 0.4) is 0 Å². The SMILES string of the molecule is CCOc1ccccc1-c1nnc(SC(C)C(=O)N2CCCCCC2)o1. The van der Waals surface area contributed by atoms with E-state index in [1.165, 1.54) is 24.6 Å². The second-order valence-electron chi connectivity index (χ2n) is 6.30. The van der Waals surface area contributed by atoms with Crippen LogP contribution in [-0.2, 0) is 4.79 Å². The van der Waals surface area contributed by atoms with E-state index >= 15 is 0 Å². The first-order valence-corrected chi connectivity index (χ1v) is 10.1. The van der Waals surface area contributed by atoms with Crippen LogP contribution in [0.1, 0.15) is 39.5 Å². The number of carbonyl (C=O) groups is 1. The highest BCUT2D eigenvalue weighted by molar-refractivity contribution is 8.00. The van der Waals surface area contributed by atoms with Crippen molar-refractivity contribution >= 4 is 17.7 Å². The molecule has 1 aliphatic heterocycles. The molecule has 26 heavy (non-hydrogen) atoms. The van der Waals surface area contributed by atoms with Gasteiger partial charge in [0.25, 0.3) is 11.1 Å². The fourth-order valence-electron chi connectivity index (χ4n) is 3.04. The number of aromatic nitrogens is 2. The maximum absolute atomic E-state index is 12.7. The molecule has 6 nitrogen and oxygen atoms in total. The van der Waals surface area contributed by atoms with Crippen LogP contribution in [-0.4, -0.2) is 46.0 Å². The Morgan fingerprint density at radius 1 is 1.23 bits per heavy atom. The highest BCUT2D eigenvalue weighted by Gasteiger charge is 2.24. The van der Waals surface area contributed by atoms with Crippen molar-refractivity contribution in [3.63, 3.8) is 0 Å². The maximum atomic E-state index is 12.7. The van der Waals surface area contributed by atoms with Crippen LogP contribution in [0.15, 0.2) is 33.9 Å². The quantitative estimate of drug-likeness (QED) is 0.711. The van der Waals surface area contributed by atoms with Crippen molar-refractivity contribution < 1.29 is 13.9 Å². The Balaban J connectivity index is 1.67. The molecular weight excluding hydrogens is 350 g/mol. The molecule has 0 bridgehead atoms. The topological polar surface area (TPSA) is 68.5 Å². The van der Waals surface area contributed by atoms with Gasteiger partial charge < -0.3 is 14.1 Å². The number of benzene rings is 1. The summed E-state index contributed by atoms with van der Waals surface area (Å²) >= 11 is 1.31. The number of carbonyl (C=O) groups excluding carboxylic acids is 1. The summed E-state index contributed by atoms with van der Waals surface area (Å²) in [5, 5.41) is 8.38. The van der Waals surface area contributed by atoms with Gasteiger partial charge in [-0.05, 0) is 38.8 Å². The zero-order valence-electron chi connectivity index (χ0n) is 15.3. The standard InChI is InChI=1S/C19H25N3O3S/c1-3-24-16-11-7-6-10-15(16)17-20-21-19(25-17)26-14(2)18(23)22-12-8-4-5-9-13-22/h6-7,10-11,14H,3-5,8-9,12-13H2,1-2H3. The second-order valence-corrected chi connectivity index (χ2v) is 7.59. The Bertz CT molecular complexity index is 726. The van der Waals surface area contributed by atoms with Crippen LogP contribution in [0.4, 0.5) is 0 Å². The van der Waals surface area contributed by atoms with Crippen molar-refractivity contribution in [2.24, 2.45) is 0 Å². The fraction of sp³-hybridized carbons (Fsp3) is 0.526. The summed E-state index contributed by atoms with van der Waals surface area (Å²) in [6.45, 7) is 6.09. The van der Waals surface area contributed by atoms with Crippen LogP contribution in [0.2, 0.25) is 0 Å². The largest absolute Gasteiger partial charge is 0.493 e. The van der Waals surface area contributed by atoms with E-state index < -0.39 is 0 Å². The summed E-state index contributed by atoms with van der Waals surface area (Å²) < 4.78 is 11.4. The Kier molecular flexibility index (Phi) is 6.55. The highest BCUT2D eigenvalue weighted by Crippen LogP contribution is 2.32. The van der Waals surface area contributed by atoms with Gasteiger partial charge in [0.15, 0.2) is 0 Å². The van der Waals surface area contributed by atoms with Crippen molar-refractivity contribution in [3.8, 4) is 17.2 Å². The van der Waals surface area contributed by atoms with Gasteiger partial charge in [-0.3, -0.25) is 4.79 Å². The van der Waals surface area contributed by atoms with Crippen LogP contribution in [0, 0.1) is 0 Å². The van der Waals surface area contributed by atoms with Crippen molar-refractivity contribution in [1.29, 1.82) is 0 Å². The van der Waals surface area contributed by atoms with Gasteiger partial charge in [-0.1, -0.05) is 36.7 Å². The molecule has 140 valence electrons. The van der Waals surface area contributed by atoms with E-state index in [2.05, 4.69) is 10.2 Å². The Labute approximate surface area is 158 Å². The molecule has 1 aromatic carbocycles. The Hall–Kier alpha value is -2.02. The van der Waals surface area contributed by atoms with Gasteiger partial charge >= 0.3 is 0 Å². The zero-order chi connectivity index (χ0) is 18.4. The lowest BCUT2D eigenvalue weighted by Gasteiger charge is -2.23. The highest BCUT2D eigenvalue weighted by atomic mass is 32.2. The van der Waals surface area contributed by atoms with E-state index in [1.54, 1.807) is 0 Å². The predicted octanol–water partition coefficient (Wildman–Crippen LogP) is 4.02. The molecular formula is C19H25N3O3S. The minimum atomic E-state index is -0.247. The number of likely N-dealkylation sites (tertiary alicyclic amines) is 1. The smallest absolute Gasteiger partial charge is 0.277 e. The van der Waals surface area contributed by atoms with Gasteiger partial charge in [-0.15, -0.1) is 10.2 Å². The lowest BCUT2D eigenvalue weighted by molar-refractivity contribution is -0.130. The third-order valence-electron chi connectivity index (χ3n) is 4.37. The molecule has 0 aliphatic carbocycles. The van der Waals surface area contributed by atoms with E-state index in [-0.39, 0.29) is 11.2 Å². The van der Waals surface area contributed by atoms with Crippen LogP contribution >= 0.6 is 11.8 Å². The van der Waals surface area contributed by atoms with Gasteiger partial charge in [0.05, 0.1) is 17.4 Å². The number of amides is 1. The molecule has 3 rings (SSSR count). The molecule has 0 saturated carbocycles. The zero-order valence-corrected chi connectivity index (χ0v) is 16.1. The molecule has 1 amide bonds. The molecule has 1 atom stereocenters. The summed E-state index contributed by atoms with van der Waals surface area (Å²) in [6, 6.07) is 7.57. The van der Waals surface area contributed by atoms with E-state index in [1.807, 2.05) is 43.0 Å². The summed E-state index contributed by atoms with van der Waals surface area (Å²) in [6.07, 6.45) is 4.58. The molecule has 0 radical (unpaired) electrons. The Morgan fingerprint density at radius 3 is 2.69 bits per heavy atom. The molecule has 2 aromatic rings. The van der Waals surface area contributed by atoms with Gasteiger partial charge in [0.1, 0.15) is 5.75 Å². The monoisotopic (exact) mass is 375 g/mol. The van der Waals surface area contributed by atoms with Gasteiger partial charge in [0, 0.05) is 13.1 Å².